The number of anilines is 1. The second kappa shape index (κ2) is 7.29. The summed E-state index contributed by atoms with van der Waals surface area (Å²) in [6.45, 7) is 0. The molecule has 0 unspecified atom stereocenters. The molecule has 5 nitrogen and oxygen atoms in total. The highest BCUT2D eigenvalue weighted by molar-refractivity contribution is 6.33. The van der Waals surface area contributed by atoms with Gasteiger partial charge in [0.15, 0.2) is 5.15 Å². The molecule has 0 radical (unpaired) electrons. The molecule has 0 bridgehead atoms. The van der Waals surface area contributed by atoms with E-state index in [1.54, 1.807) is 42.7 Å². The molecule has 0 aliphatic heterocycles. The zero-order valence-electron chi connectivity index (χ0n) is 12.4. The van der Waals surface area contributed by atoms with Crippen LogP contribution >= 0.6 is 23.2 Å². The third kappa shape index (κ3) is 3.82. The minimum absolute atomic E-state index is 0.305. The van der Waals surface area contributed by atoms with Gasteiger partial charge in [-0.1, -0.05) is 35.3 Å². The van der Waals surface area contributed by atoms with Crippen LogP contribution in [-0.2, 0) is 4.79 Å². The van der Waals surface area contributed by atoms with E-state index in [4.69, 9.17) is 23.2 Å². The van der Waals surface area contributed by atoms with Crippen molar-refractivity contribution >= 4 is 40.9 Å². The van der Waals surface area contributed by atoms with Crippen LogP contribution in [0.15, 0.2) is 61.1 Å². The summed E-state index contributed by atoms with van der Waals surface area (Å²) >= 11 is 12.1. The molecule has 1 aromatic carbocycles. The van der Waals surface area contributed by atoms with Crippen molar-refractivity contribution in [3.8, 4) is 5.69 Å². The minimum atomic E-state index is -0.305. The number of aromatic nitrogens is 3. The standard InChI is InChI=1S/C17H12Cl2N4O/c18-13-4-1-12(2-5-13)3-6-16(24)22-15-11-21-23(17(15)19)14-7-9-20-10-8-14/h1-11H,(H,22,24). The van der Waals surface area contributed by atoms with Gasteiger partial charge in [0.25, 0.3) is 0 Å². The van der Waals surface area contributed by atoms with Crippen molar-refractivity contribution in [1.29, 1.82) is 0 Å². The van der Waals surface area contributed by atoms with Gasteiger partial charge in [-0.2, -0.15) is 5.10 Å². The van der Waals surface area contributed by atoms with Gasteiger partial charge in [-0.05, 0) is 35.9 Å². The number of pyridine rings is 1. The van der Waals surface area contributed by atoms with Crippen molar-refractivity contribution in [2.45, 2.75) is 0 Å². The third-order valence-corrected chi connectivity index (χ3v) is 3.79. The lowest BCUT2D eigenvalue weighted by Crippen LogP contribution is -2.07. The van der Waals surface area contributed by atoms with Crippen LogP contribution in [0.3, 0.4) is 0 Å². The lowest BCUT2D eigenvalue weighted by molar-refractivity contribution is -0.111. The van der Waals surface area contributed by atoms with E-state index in [-0.39, 0.29) is 5.91 Å². The molecule has 24 heavy (non-hydrogen) atoms. The van der Waals surface area contributed by atoms with Crippen LogP contribution in [0.1, 0.15) is 5.56 Å². The van der Waals surface area contributed by atoms with Gasteiger partial charge in [0, 0.05) is 23.5 Å². The smallest absolute Gasteiger partial charge is 0.248 e. The molecule has 0 fully saturated rings. The van der Waals surface area contributed by atoms with Crippen LogP contribution in [0, 0.1) is 0 Å². The Hall–Kier alpha value is -2.63. The zero-order chi connectivity index (χ0) is 16.9. The maximum Gasteiger partial charge on any atom is 0.248 e. The Labute approximate surface area is 148 Å². The summed E-state index contributed by atoms with van der Waals surface area (Å²) in [7, 11) is 0. The van der Waals surface area contributed by atoms with Crippen LogP contribution in [0.4, 0.5) is 5.69 Å². The van der Waals surface area contributed by atoms with E-state index < -0.39 is 0 Å². The summed E-state index contributed by atoms with van der Waals surface area (Å²) in [6.07, 6.45) is 7.88. The van der Waals surface area contributed by atoms with Gasteiger partial charge < -0.3 is 5.32 Å². The highest BCUT2D eigenvalue weighted by Gasteiger charge is 2.11. The third-order valence-electron chi connectivity index (χ3n) is 3.17. The normalized spacial score (nSPS) is 10.9. The fourth-order valence-electron chi connectivity index (χ4n) is 2.00. The Morgan fingerprint density at radius 1 is 1.08 bits per heavy atom. The van der Waals surface area contributed by atoms with Crippen molar-refractivity contribution in [2.75, 3.05) is 5.32 Å². The fraction of sp³-hybridized carbons (Fsp3) is 0. The number of amides is 1. The summed E-state index contributed by atoms with van der Waals surface area (Å²) in [5, 5.41) is 7.83. The average Bonchev–Trinajstić information content (AvgIpc) is 2.96. The van der Waals surface area contributed by atoms with Crippen molar-refractivity contribution in [1.82, 2.24) is 14.8 Å². The molecule has 2 heterocycles. The molecule has 0 atom stereocenters. The van der Waals surface area contributed by atoms with Crippen molar-refractivity contribution in [2.24, 2.45) is 0 Å². The molecule has 3 rings (SSSR count). The van der Waals surface area contributed by atoms with Crippen LogP contribution in [-0.4, -0.2) is 20.7 Å². The number of hydrogen-bond acceptors (Lipinski definition) is 3. The average molecular weight is 359 g/mol. The number of carbonyl (C=O) groups is 1. The molecular weight excluding hydrogens is 347 g/mol. The van der Waals surface area contributed by atoms with Crippen molar-refractivity contribution in [3.05, 3.63) is 76.8 Å². The van der Waals surface area contributed by atoms with Crippen molar-refractivity contribution in [3.63, 3.8) is 0 Å². The quantitative estimate of drug-likeness (QED) is 0.710. The van der Waals surface area contributed by atoms with E-state index in [2.05, 4.69) is 15.4 Å². The number of carbonyl (C=O) groups excluding carboxylic acids is 1. The molecule has 0 aliphatic rings. The molecule has 120 valence electrons. The summed E-state index contributed by atoms with van der Waals surface area (Å²) < 4.78 is 1.52. The SMILES string of the molecule is O=C(C=Cc1ccc(Cl)cc1)Nc1cnn(-c2ccncc2)c1Cl. The topological polar surface area (TPSA) is 59.8 Å². The van der Waals surface area contributed by atoms with E-state index in [0.717, 1.165) is 11.3 Å². The van der Waals surface area contributed by atoms with Crippen LogP contribution in [0.5, 0.6) is 0 Å². The molecule has 3 aromatic rings. The first kappa shape index (κ1) is 16.2. The van der Waals surface area contributed by atoms with E-state index in [1.165, 1.54) is 17.0 Å². The molecule has 0 saturated carbocycles. The molecule has 0 spiro atoms. The molecule has 2 aromatic heterocycles. The van der Waals surface area contributed by atoms with Gasteiger partial charge >= 0.3 is 0 Å². The molecule has 1 amide bonds. The first-order valence-corrected chi connectivity index (χ1v) is 7.77. The summed E-state index contributed by atoms with van der Waals surface area (Å²) in [6, 6.07) is 10.7. The molecule has 0 saturated heterocycles. The van der Waals surface area contributed by atoms with Gasteiger partial charge in [0.1, 0.15) is 0 Å². The van der Waals surface area contributed by atoms with Crippen LogP contribution in [0.25, 0.3) is 11.8 Å². The largest absolute Gasteiger partial charge is 0.319 e. The van der Waals surface area contributed by atoms with E-state index in [9.17, 15) is 4.79 Å². The molecule has 7 heteroatoms. The molecule has 1 N–H and O–H groups in total. The second-order valence-electron chi connectivity index (χ2n) is 4.84. The number of hydrogen-bond donors (Lipinski definition) is 1. The van der Waals surface area contributed by atoms with Gasteiger partial charge in [-0.25, -0.2) is 4.68 Å². The first-order chi connectivity index (χ1) is 11.6. The number of nitrogens with one attached hydrogen (secondary N) is 1. The Morgan fingerprint density at radius 3 is 2.50 bits per heavy atom. The maximum atomic E-state index is 12.0. The number of halogens is 2. The Bertz CT molecular complexity index is 873. The molecule has 0 aliphatic carbocycles. The fourth-order valence-corrected chi connectivity index (χ4v) is 2.37. The van der Waals surface area contributed by atoms with Gasteiger partial charge in [-0.15, -0.1) is 0 Å². The monoisotopic (exact) mass is 358 g/mol. The number of benzene rings is 1. The van der Waals surface area contributed by atoms with Crippen molar-refractivity contribution < 1.29 is 4.79 Å². The predicted molar refractivity (Wildman–Crippen MR) is 95.5 cm³/mol. The summed E-state index contributed by atoms with van der Waals surface area (Å²) in [5.41, 5.74) is 2.06. The van der Waals surface area contributed by atoms with Gasteiger partial charge in [0.2, 0.25) is 5.91 Å². The Kier molecular flexibility index (Phi) is 4.93. The Morgan fingerprint density at radius 2 is 1.79 bits per heavy atom. The first-order valence-electron chi connectivity index (χ1n) is 7.02. The van der Waals surface area contributed by atoms with E-state index in [1.807, 2.05) is 12.1 Å². The molecular formula is C17H12Cl2N4O. The van der Waals surface area contributed by atoms with Crippen LogP contribution < -0.4 is 5.32 Å². The summed E-state index contributed by atoms with van der Waals surface area (Å²) in [4.78, 5) is 16.0. The van der Waals surface area contributed by atoms with E-state index in [0.29, 0.717) is 15.9 Å². The minimum Gasteiger partial charge on any atom is -0.319 e. The number of nitrogens with zero attached hydrogens (tertiary/aromatic N) is 3. The lowest BCUT2D eigenvalue weighted by atomic mass is 10.2. The van der Waals surface area contributed by atoms with E-state index >= 15 is 0 Å². The Balaban J connectivity index is 1.71. The maximum absolute atomic E-state index is 12.0. The zero-order valence-corrected chi connectivity index (χ0v) is 13.9. The highest BCUT2D eigenvalue weighted by atomic mass is 35.5. The van der Waals surface area contributed by atoms with Crippen LogP contribution in [0.2, 0.25) is 10.2 Å². The highest BCUT2D eigenvalue weighted by Crippen LogP contribution is 2.24. The van der Waals surface area contributed by atoms with Gasteiger partial charge in [0.05, 0.1) is 17.6 Å². The predicted octanol–water partition coefficient (Wildman–Crippen LogP) is 4.23. The second-order valence-corrected chi connectivity index (χ2v) is 5.63. The number of rotatable bonds is 4. The van der Waals surface area contributed by atoms with Gasteiger partial charge in [-0.3, -0.25) is 9.78 Å². The lowest BCUT2D eigenvalue weighted by Gasteiger charge is -2.03. The summed E-state index contributed by atoms with van der Waals surface area (Å²) in [5.74, 6) is -0.305.